The van der Waals surface area contributed by atoms with Crippen molar-refractivity contribution in [3.05, 3.63) is 24.3 Å². The molecule has 1 aromatic heterocycles. The molecule has 0 bridgehead atoms. The molecule has 1 heterocycles. The molecule has 1 aromatic rings. The smallest absolute Gasteiger partial charge is 0.183 e. The molecule has 17 heavy (non-hydrogen) atoms. The van der Waals surface area contributed by atoms with Crippen LogP contribution in [0.4, 0.5) is 0 Å². The van der Waals surface area contributed by atoms with Gasteiger partial charge in [-0.2, -0.15) is 17.0 Å². The average molecular weight is 267 g/mol. The van der Waals surface area contributed by atoms with Crippen LogP contribution in [-0.4, -0.2) is 33.7 Å². The van der Waals surface area contributed by atoms with E-state index in [-0.39, 0.29) is 0 Å². The lowest BCUT2D eigenvalue weighted by molar-refractivity contribution is 1.09. The Morgan fingerprint density at radius 2 is 2.47 bits per heavy atom. The number of nitrogens with one attached hydrogen (secondary N) is 1. The van der Waals surface area contributed by atoms with Gasteiger partial charge >= 0.3 is 0 Å². The highest BCUT2D eigenvalue weighted by Crippen LogP contribution is 2.08. The molecule has 0 atom stereocenters. The molecule has 0 aliphatic carbocycles. The molecule has 1 rings (SSSR count). The maximum absolute atomic E-state index is 8.44. The minimum Gasteiger partial charge on any atom is -0.272 e. The number of aliphatic imine (C=N–C) groups is 1. The van der Waals surface area contributed by atoms with E-state index in [9.17, 15) is 0 Å². The number of hydrogen-bond donors (Lipinski definition) is 1. The van der Waals surface area contributed by atoms with Crippen LogP contribution in [0.5, 0.6) is 0 Å². The van der Waals surface area contributed by atoms with Crippen LogP contribution >= 0.6 is 23.5 Å². The van der Waals surface area contributed by atoms with E-state index in [4.69, 9.17) is 5.26 Å². The van der Waals surface area contributed by atoms with Crippen LogP contribution in [0.2, 0.25) is 0 Å². The van der Waals surface area contributed by atoms with Gasteiger partial charge in [-0.1, -0.05) is 11.8 Å². The van der Waals surface area contributed by atoms with E-state index in [1.807, 2.05) is 12.4 Å². The summed E-state index contributed by atoms with van der Waals surface area (Å²) in [7, 11) is 0. The summed E-state index contributed by atoms with van der Waals surface area (Å²) < 4.78 is 0. The molecular weight excluding hydrogens is 254 g/mol. The lowest BCUT2D eigenvalue weighted by Gasteiger charge is -2.00. The SMILES string of the molecule is CSC(=NCCSCc1cnccn1)NC#N. The molecule has 0 radical (unpaired) electrons. The highest BCUT2D eigenvalue weighted by atomic mass is 32.2. The van der Waals surface area contributed by atoms with Gasteiger partial charge in [-0.15, -0.1) is 0 Å². The van der Waals surface area contributed by atoms with Crippen molar-refractivity contribution in [3.8, 4) is 6.19 Å². The first-order chi connectivity index (χ1) is 8.36. The summed E-state index contributed by atoms with van der Waals surface area (Å²) in [6.07, 6.45) is 8.86. The van der Waals surface area contributed by atoms with E-state index in [1.165, 1.54) is 11.8 Å². The van der Waals surface area contributed by atoms with Gasteiger partial charge in [0.05, 0.1) is 12.2 Å². The predicted molar refractivity (Wildman–Crippen MR) is 72.8 cm³/mol. The molecule has 0 aliphatic heterocycles. The van der Waals surface area contributed by atoms with E-state index >= 15 is 0 Å². The Bertz CT molecular complexity index is 387. The molecule has 5 nitrogen and oxygen atoms in total. The Kier molecular flexibility index (Phi) is 7.18. The Balaban J connectivity index is 2.18. The number of aromatic nitrogens is 2. The molecule has 0 unspecified atom stereocenters. The minimum atomic E-state index is 0.660. The van der Waals surface area contributed by atoms with Gasteiger partial charge in [0.25, 0.3) is 0 Å². The number of nitrogens with zero attached hydrogens (tertiary/aromatic N) is 4. The zero-order chi connectivity index (χ0) is 12.3. The molecule has 0 amide bonds. The zero-order valence-corrected chi connectivity index (χ0v) is 11.1. The topological polar surface area (TPSA) is 74.0 Å². The quantitative estimate of drug-likeness (QED) is 0.286. The fourth-order valence-corrected chi connectivity index (χ4v) is 2.09. The molecule has 7 heteroatoms. The number of rotatable bonds is 5. The van der Waals surface area contributed by atoms with Gasteiger partial charge in [0.15, 0.2) is 11.4 Å². The number of thioether (sulfide) groups is 2. The molecule has 0 aromatic carbocycles. The molecule has 0 aliphatic rings. The first-order valence-corrected chi connectivity index (χ1v) is 7.31. The maximum atomic E-state index is 8.44. The van der Waals surface area contributed by atoms with Crippen LogP contribution in [0.3, 0.4) is 0 Å². The van der Waals surface area contributed by atoms with Crippen molar-refractivity contribution in [1.82, 2.24) is 15.3 Å². The van der Waals surface area contributed by atoms with Crippen LogP contribution in [-0.2, 0) is 5.75 Å². The van der Waals surface area contributed by atoms with E-state index in [1.54, 1.807) is 30.4 Å². The van der Waals surface area contributed by atoms with Gasteiger partial charge in [0, 0.05) is 30.1 Å². The van der Waals surface area contributed by atoms with Gasteiger partial charge in [-0.05, 0) is 6.26 Å². The van der Waals surface area contributed by atoms with Gasteiger partial charge in [0.2, 0.25) is 0 Å². The van der Waals surface area contributed by atoms with Crippen molar-refractivity contribution in [2.45, 2.75) is 5.75 Å². The van der Waals surface area contributed by atoms with Crippen molar-refractivity contribution >= 4 is 28.7 Å². The second kappa shape index (κ2) is 8.84. The summed E-state index contributed by atoms with van der Waals surface area (Å²) in [5, 5.41) is 11.6. The summed E-state index contributed by atoms with van der Waals surface area (Å²) in [6, 6.07) is 0. The Labute approximate surface area is 109 Å². The Morgan fingerprint density at radius 3 is 3.12 bits per heavy atom. The summed E-state index contributed by atoms with van der Waals surface area (Å²) in [5.74, 6) is 1.73. The molecule has 1 N–H and O–H groups in total. The van der Waals surface area contributed by atoms with Crippen LogP contribution in [0.1, 0.15) is 5.69 Å². The molecule has 0 saturated carbocycles. The summed E-state index contributed by atoms with van der Waals surface area (Å²) in [6.45, 7) is 0.690. The van der Waals surface area contributed by atoms with Gasteiger partial charge < -0.3 is 0 Å². The number of amidine groups is 1. The third-order valence-corrected chi connectivity index (χ3v) is 3.30. The Hall–Kier alpha value is -1.26. The van der Waals surface area contributed by atoms with Crippen molar-refractivity contribution in [2.75, 3.05) is 18.6 Å². The highest BCUT2D eigenvalue weighted by molar-refractivity contribution is 8.13. The van der Waals surface area contributed by atoms with Crippen LogP contribution in [0, 0.1) is 11.5 Å². The largest absolute Gasteiger partial charge is 0.272 e. The monoisotopic (exact) mass is 267 g/mol. The predicted octanol–water partition coefficient (Wildman–Crippen LogP) is 1.50. The third kappa shape index (κ3) is 6.14. The van der Waals surface area contributed by atoms with Crippen LogP contribution in [0.15, 0.2) is 23.6 Å². The average Bonchev–Trinajstić information content (AvgIpc) is 2.38. The first kappa shape index (κ1) is 13.8. The van der Waals surface area contributed by atoms with E-state index < -0.39 is 0 Å². The molecule has 90 valence electrons. The van der Waals surface area contributed by atoms with Gasteiger partial charge in [-0.25, -0.2) is 0 Å². The van der Waals surface area contributed by atoms with E-state index in [2.05, 4.69) is 20.3 Å². The molecule has 0 spiro atoms. The standard InChI is InChI=1S/C10H13N5S2/c1-16-10(15-8-11)14-4-5-17-7-9-6-12-2-3-13-9/h2-3,6H,4-5,7H2,1H3,(H,14,15). The maximum Gasteiger partial charge on any atom is 0.183 e. The van der Waals surface area contributed by atoms with Crippen molar-refractivity contribution in [2.24, 2.45) is 4.99 Å². The van der Waals surface area contributed by atoms with Crippen molar-refractivity contribution in [3.63, 3.8) is 0 Å². The summed E-state index contributed by atoms with van der Waals surface area (Å²) >= 11 is 3.18. The number of hydrogen-bond acceptors (Lipinski definition) is 6. The summed E-state index contributed by atoms with van der Waals surface area (Å²) in [5.41, 5.74) is 0.974. The molecular formula is C10H13N5S2. The third-order valence-electron chi connectivity index (χ3n) is 1.71. The number of nitriles is 1. The Morgan fingerprint density at radius 1 is 1.59 bits per heavy atom. The van der Waals surface area contributed by atoms with Crippen molar-refractivity contribution < 1.29 is 0 Å². The second-order valence-electron chi connectivity index (χ2n) is 2.88. The van der Waals surface area contributed by atoms with Crippen LogP contribution < -0.4 is 5.32 Å². The fraction of sp³-hybridized carbons (Fsp3) is 0.400. The van der Waals surface area contributed by atoms with E-state index in [0.29, 0.717) is 11.7 Å². The zero-order valence-electron chi connectivity index (χ0n) is 9.46. The lowest BCUT2D eigenvalue weighted by atomic mass is 10.5. The fourth-order valence-electron chi connectivity index (χ4n) is 0.996. The second-order valence-corrected chi connectivity index (χ2v) is 4.78. The summed E-state index contributed by atoms with van der Waals surface area (Å²) in [4.78, 5) is 12.4. The normalized spacial score (nSPS) is 10.9. The van der Waals surface area contributed by atoms with Gasteiger partial charge in [-0.3, -0.25) is 20.3 Å². The van der Waals surface area contributed by atoms with E-state index in [0.717, 1.165) is 17.2 Å². The van der Waals surface area contributed by atoms with Crippen LogP contribution in [0.25, 0.3) is 0 Å². The van der Waals surface area contributed by atoms with Gasteiger partial charge in [0.1, 0.15) is 0 Å². The highest BCUT2D eigenvalue weighted by Gasteiger charge is 1.96. The first-order valence-electron chi connectivity index (χ1n) is 4.93. The minimum absolute atomic E-state index is 0.660. The lowest BCUT2D eigenvalue weighted by Crippen LogP contribution is -2.13. The van der Waals surface area contributed by atoms with Crippen molar-refractivity contribution in [1.29, 1.82) is 5.26 Å². The molecule has 0 fully saturated rings. The molecule has 0 saturated heterocycles.